The lowest BCUT2D eigenvalue weighted by molar-refractivity contribution is 0.691. The summed E-state index contributed by atoms with van der Waals surface area (Å²) < 4.78 is 1.72. The van der Waals surface area contributed by atoms with Gasteiger partial charge in [0.1, 0.15) is 5.69 Å². The lowest BCUT2D eigenvalue weighted by atomic mass is 10.1. The molecule has 1 atom stereocenters. The molecule has 18 heavy (non-hydrogen) atoms. The van der Waals surface area contributed by atoms with Crippen LogP contribution >= 0.6 is 0 Å². The Hall–Kier alpha value is -1.77. The quantitative estimate of drug-likeness (QED) is 0.898. The van der Waals surface area contributed by atoms with Gasteiger partial charge in [-0.1, -0.05) is 18.2 Å². The number of pyridine rings is 1. The Morgan fingerprint density at radius 1 is 1.33 bits per heavy atom. The molecule has 3 nitrogen and oxygen atoms in total. The van der Waals surface area contributed by atoms with Crippen molar-refractivity contribution in [2.75, 3.05) is 5.32 Å². The van der Waals surface area contributed by atoms with Crippen molar-refractivity contribution in [3.05, 3.63) is 40.7 Å². The Labute approximate surface area is 106 Å². The summed E-state index contributed by atoms with van der Waals surface area (Å²) in [5.41, 5.74) is 1.75. The van der Waals surface area contributed by atoms with E-state index < -0.39 is 0 Å². The SMILES string of the molecule is CC(Nc1cc2ccccc2n(C)c1=O)C1CC1. The van der Waals surface area contributed by atoms with Crippen LogP contribution in [0.2, 0.25) is 0 Å². The smallest absolute Gasteiger partial charge is 0.274 e. The van der Waals surface area contributed by atoms with Crippen LogP contribution in [0.15, 0.2) is 35.1 Å². The normalized spacial score (nSPS) is 16.8. The topological polar surface area (TPSA) is 34.0 Å². The van der Waals surface area contributed by atoms with Crippen LogP contribution in [-0.4, -0.2) is 10.6 Å². The second kappa shape index (κ2) is 4.16. The number of fused-ring (bicyclic) bond motifs is 1. The molecule has 0 radical (unpaired) electrons. The maximum Gasteiger partial charge on any atom is 0.274 e. The van der Waals surface area contributed by atoms with Gasteiger partial charge in [-0.25, -0.2) is 0 Å². The van der Waals surface area contributed by atoms with Crippen molar-refractivity contribution in [1.29, 1.82) is 0 Å². The fraction of sp³-hybridized carbons (Fsp3) is 0.400. The number of anilines is 1. The standard InChI is InChI=1S/C15H18N2O/c1-10(11-7-8-11)16-13-9-12-5-3-4-6-14(12)17(2)15(13)18/h3-6,9-11,16H,7-8H2,1-2H3. The first-order chi connectivity index (χ1) is 8.66. The van der Waals surface area contributed by atoms with Gasteiger partial charge in [0.2, 0.25) is 0 Å². The third-order valence-corrected chi connectivity index (χ3v) is 3.85. The number of hydrogen-bond acceptors (Lipinski definition) is 2. The molecule has 1 aliphatic carbocycles. The number of hydrogen-bond donors (Lipinski definition) is 1. The number of benzene rings is 1. The lowest BCUT2D eigenvalue weighted by Crippen LogP contribution is -2.26. The molecule has 1 fully saturated rings. The van der Waals surface area contributed by atoms with Crippen LogP contribution in [-0.2, 0) is 7.05 Å². The van der Waals surface area contributed by atoms with Gasteiger partial charge in [0.05, 0.1) is 5.52 Å². The van der Waals surface area contributed by atoms with Crippen molar-refractivity contribution < 1.29 is 0 Å². The fourth-order valence-electron chi connectivity index (χ4n) is 2.49. The van der Waals surface area contributed by atoms with E-state index in [4.69, 9.17) is 0 Å². The van der Waals surface area contributed by atoms with Crippen molar-refractivity contribution in [3.63, 3.8) is 0 Å². The third kappa shape index (κ3) is 1.90. The molecule has 0 bridgehead atoms. The molecular weight excluding hydrogens is 224 g/mol. The van der Waals surface area contributed by atoms with Gasteiger partial charge in [-0.2, -0.15) is 0 Å². The summed E-state index contributed by atoms with van der Waals surface area (Å²) in [5, 5.41) is 4.47. The molecule has 1 aliphatic rings. The largest absolute Gasteiger partial charge is 0.378 e. The molecule has 94 valence electrons. The molecule has 0 saturated heterocycles. The van der Waals surface area contributed by atoms with E-state index in [2.05, 4.69) is 12.2 Å². The third-order valence-electron chi connectivity index (χ3n) is 3.85. The predicted molar refractivity (Wildman–Crippen MR) is 75.0 cm³/mol. The van der Waals surface area contributed by atoms with Gasteiger partial charge in [0.25, 0.3) is 5.56 Å². The summed E-state index contributed by atoms with van der Waals surface area (Å²) in [4.78, 5) is 12.3. The number of nitrogens with one attached hydrogen (secondary N) is 1. The predicted octanol–water partition coefficient (Wildman–Crippen LogP) is 2.75. The van der Waals surface area contributed by atoms with E-state index in [9.17, 15) is 4.79 Å². The fourth-order valence-corrected chi connectivity index (χ4v) is 2.49. The molecule has 0 aliphatic heterocycles. The van der Waals surface area contributed by atoms with E-state index in [-0.39, 0.29) is 5.56 Å². The maximum absolute atomic E-state index is 12.3. The van der Waals surface area contributed by atoms with Crippen molar-refractivity contribution in [3.8, 4) is 0 Å². The van der Waals surface area contributed by atoms with Gasteiger partial charge >= 0.3 is 0 Å². The number of aryl methyl sites for hydroxylation is 1. The average Bonchev–Trinajstić information content (AvgIpc) is 3.20. The zero-order valence-corrected chi connectivity index (χ0v) is 10.8. The molecule has 0 spiro atoms. The van der Waals surface area contributed by atoms with Crippen molar-refractivity contribution in [1.82, 2.24) is 4.57 Å². The van der Waals surface area contributed by atoms with Crippen molar-refractivity contribution in [2.24, 2.45) is 13.0 Å². The second-order valence-corrected chi connectivity index (χ2v) is 5.25. The molecule has 0 amide bonds. The van der Waals surface area contributed by atoms with E-state index in [1.807, 2.05) is 37.4 Å². The van der Waals surface area contributed by atoms with E-state index in [1.54, 1.807) is 4.57 Å². The molecule has 1 saturated carbocycles. The lowest BCUT2D eigenvalue weighted by Gasteiger charge is -2.15. The molecule has 1 unspecified atom stereocenters. The summed E-state index contributed by atoms with van der Waals surface area (Å²) >= 11 is 0. The first-order valence-electron chi connectivity index (χ1n) is 6.52. The van der Waals surface area contributed by atoms with E-state index in [0.717, 1.165) is 22.5 Å². The highest BCUT2D eigenvalue weighted by atomic mass is 16.1. The number of para-hydroxylation sites is 1. The Morgan fingerprint density at radius 2 is 2.06 bits per heavy atom. The summed E-state index contributed by atoms with van der Waals surface area (Å²) in [6, 6.07) is 10.3. The molecule has 1 N–H and O–H groups in total. The van der Waals surface area contributed by atoms with Crippen LogP contribution in [0.3, 0.4) is 0 Å². The number of aromatic nitrogens is 1. The van der Waals surface area contributed by atoms with E-state index >= 15 is 0 Å². The number of nitrogens with zero attached hydrogens (tertiary/aromatic N) is 1. The zero-order chi connectivity index (χ0) is 12.7. The summed E-state index contributed by atoms with van der Waals surface area (Å²) in [6.07, 6.45) is 2.56. The molecule has 1 aromatic carbocycles. The highest BCUT2D eigenvalue weighted by Gasteiger charge is 2.28. The molecule has 1 heterocycles. The average molecular weight is 242 g/mol. The minimum absolute atomic E-state index is 0.0567. The molecule has 1 aromatic heterocycles. The molecule has 3 heteroatoms. The summed E-state index contributed by atoms with van der Waals surface area (Å²) in [5.74, 6) is 0.737. The molecule has 2 aromatic rings. The van der Waals surface area contributed by atoms with Gasteiger partial charge in [-0.15, -0.1) is 0 Å². The minimum atomic E-state index is 0.0567. The van der Waals surface area contributed by atoms with E-state index in [0.29, 0.717) is 6.04 Å². The van der Waals surface area contributed by atoms with Gasteiger partial charge in [-0.05, 0) is 37.8 Å². The Kier molecular flexibility index (Phi) is 2.62. The Morgan fingerprint density at radius 3 is 2.78 bits per heavy atom. The number of rotatable bonds is 3. The van der Waals surface area contributed by atoms with E-state index in [1.165, 1.54) is 12.8 Å². The summed E-state index contributed by atoms with van der Waals surface area (Å²) in [6.45, 7) is 2.16. The second-order valence-electron chi connectivity index (χ2n) is 5.25. The van der Waals surface area contributed by atoms with Crippen molar-refractivity contribution in [2.45, 2.75) is 25.8 Å². The first-order valence-corrected chi connectivity index (χ1v) is 6.52. The van der Waals surface area contributed by atoms with Crippen LogP contribution < -0.4 is 10.9 Å². The molecule has 3 rings (SSSR count). The van der Waals surface area contributed by atoms with Crippen LogP contribution in [0, 0.1) is 5.92 Å². The van der Waals surface area contributed by atoms with Gasteiger partial charge in [-0.3, -0.25) is 4.79 Å². The highest BCUT2D eigenvalue weighted by Crippen LogP contribution is 2.33. The van der Waals surface area contributed by atoms with Crippen molar-refractivity contribution >= 4 is 16.6 Å². The van der Waals surface area contributed by atoms with Crippen LogP contribution in [0.1, 0.15) is 19.8 Å². The highest BCUT2D eigenvalue weighted by molar-refractivity contribution is 5.82. The zero-order valence-electron chi connectivity index (χ0n) is 10.8. The first kappa shape index (κ1) is 11.3. The summed E-state index contributed by atoms with van der Waals surface area (Å²) in [7, 11) is 1.83. The molecular formula is C15H18N2O. The van der Waals surface area contributed by atoms with Crippen LogP contribution in [0.4, 0.5) is 5.69 Å². The van der Waals surface area contributed by atoms with Crippen LogP contribution in [0.25, 0.3) is 10.9 Å². The Balaban J connectivity index is 2.06. The van der Waals surface area contributed by atoms with Crippen LogP contribution in [0.5, 0.6) is 0 Å². The monoisotopic (exact) mass is 242 g/mol. The van der Waals surface area contributed by atoms with Gasteiger partial charge in [0.15, 0.2) is 0 Å². The Bertz CT molecular complexity index is 640. The van der Waals surface area contributed by atoms with Gasteiger partial charge < -0.3 is 9.88 Å². The minimum Gasteiger partial charge on any atom is -0.378 e. The van der Waals surface area contributed by atoms with Gasteiger partial charge in [0, 0.05) is 18.5 Å². The maximum atomic E-state index is 12.3.